The molecule has 2 aromatic heterocycles. The van der Waals surface area contributed by atoms with Crippen molar-refractivity contribution in [2.75, 3.05) is 5.32 Å². The van der Waals surface area contributed by atoms with Crippen LogP contribution in [0, 0.1) is 0 Å². The van der Waals surface area contributed by atoms with Gasteiger partial charge < -0.3 is 5.32 Å². The molecular formula is C12H9Cl2N5. The van der Waals surface area contributed by atoms with Gasteiger partial charge in [0.15, 0.2) is 0 Å². The van der Waals surface area contributed by atoms with Crippen LogP contribution in [-0.2, 0) is 6.98 Å². The maximum Gasteiger partial charge on any atom is 0.227 e. The minimum atomic E-state index is -2.45. The zero-order valence-electron chi connectivity index (χ0n) is 12.4. The van der Waals surface area contributed by atoms with E-state index in [9.17, 15) is 0 Å². The number of aromatic nitrogens is 4. The van der Waals surface area contributed by atoms with Crippen molar-refractivity contribution in [2.45, 2.75) is 0 Å². The molecule has 0 fully saturated rings. The number of nitrogens with zero attached hydrogens (tertiary/aromatic N) is 4. The molecule has 0 aliphatic rings. The summed E-state index contributed by atoms with van der Waals surface area (Å²) >= 11 is 11.9. The first kappa shape index (κ1) is 9.12. The van der Waals surface area contributed by atoms with Crippen LogP contribution in [0.2, 0.25) is 10.2 Å². The van der Waals surface area contributed by atoms with Crippen molar-refractivity contribution in [1.29, 1.82) is 0 Å². The van der Waals surface area contributed by atoms with Crippen molar-refractivity contribution in [3.63, 3.8) is 0 Å². The molecule has 0 bridgehead atoms. The third kappa shape index (κ3) is 2.34. The first-order valence-corrected chi connectivity index (χ1v) is 6.03. The Hall–Kier alpha value is -1.85. The fourth-order valence-corrected chi connectivity index (χ4v) is 1.92. The van der Waals surface area contributed by atoms with Crippen LogP contribution in [0.4, 0.5) is 11.6 Å². The molecule has 0 amide bonds. The lowest BCUT2D eigenvalue weighted by molar-refractivity contribution is 0.769. The predicted octanol–water partition coefficient (Wildman–Crippen LogP) is 3.41. The topological polar surface area (TPSA) is 55.6 Å². The van der Waals surface area contributed by atoms with E-state index in [0.29, 0.717) is 16.2 Å². The zero-order chi connectivity index (χ0) is 15.9. The first-order chi connectivity index (χ1) is 10.3. The van der Waals surface area contributed by atoms with Gasteiger partial charge in [0.05, 0.1) is 17.4 Å². The first-order valence-electron chi connectivity index (χ1n) is 6.78. The summed E-state index contributed by atoms with van der Waals surface area (Å²) in [5.41, 5.74) is 1.01. The van der Waals surface area contributed by atoms with Gasteiger partial charge in [-0.25, -0.2) is 9.97 Å². The number of hydrogen-bond donors (Lipinski definition) is 1. The van der Waals surface area contributed by atoms with E-state index >= 15 is 0 Å². The largest absolute Gasteiger partial charge is 0.320 e. The third-order valence-corrected chi connectivity index (χ3v) is 3.10. The molecule has 0 saturated carbocycles. The van der Waals surface area contributed by atoms with Gasteiger partial charge in [-0.15, -0.1) is 0 Å². The second kappa shape index (κ2) is 4.68. The van der Waals surface area contributed by atoms with Gasteiger partial charge in [0.2, 0.25) is 5.95 Å². The molecule has 0 aliphatic carbocycles. The molecule has 96 valence electrons. The quantitative estimate of drug-likeness (QED) is 0.787. The van der Waals surface area contributed by atoms with Crippen molar-refractivity contribution in [2.24, 2.45) is 6.98 Å². The Bertz CT molecular complexity index is 846. The van der Waals surface area contributed by atoms with Crippen molar-refractivity contribution in [3.8, 4) is 0 Å². The van der Waals surface area contributed by atoms with Gasteiger partial charge in [-0.1, -0.05) is 23.2 Å². The highest BCUT2D eigenvalue weighted by Crippen LogP contribution is 2.24. The molecule has 7 heteroatoms. The monoisotopic (exact) mass is 296 g/mol. The minimum Gasteiger partial charge on any atom is -0.320 e. The van der Waals surface area contributed by atoms with Crippen molar-refractivity contribution in [1.82, 2.24) is 19.7 Å². The average Bonchev–Trinajstić information content (AvgIpc) is 2.80. The Morgan fingerprint density at radius 1 is 1.32 bits per heavy atom. The Labute approximate surface area is 123 Å². The van der Waals surface area contributed by atoms with Crippen molar-refractivity contribution >= 4 is 45.7 Å². The minimum absolute atomic E-state index is 0.0418. The molecule has 3 aromatic rings. The van der Waals surface area contributed by atoms with Crippen molar-refractivity contribution in [3.05, 3.63) is 40.8 Å². The SMILES string of the molecule is [2H]C([2H])([2H])n1ncc(Nc2ncc3cc(Cl)ccc3n2)c1Cl. The van der Waals surface area contributed by atoms with Crippen LogP contribution in [0.15, 0.2) is 30.6 Å². The van der Waals surface area contributed by atoms with Gasteiger partial charge in [-0.2, -0.15) is 5.10 Å². The molecule has 0 spiro atoms. The van der Waals surface area contributed by atoms with Gasteiger partial charge in [-0.05, 0) is 18.2 Å². The highest BCUT2D eigenvalue weighted by molar-refractivity contribution is 6.32. The van der Waals surface area contributed by atoms with Gasteiger partial charge in [0.1, 0.15) is 5.15 Å². The van der Waals surface area contributed by atoms with E-state index in [1.165, 1.54) is 6.20 Å². The summed E-state index contributed by atoms with van der Waals surface area (Å²) < 4.78 is 22.7. The number of halogens is 2. The zero-order valence-corrected chi connectivity index (χ0v) is 10.9. The lowest BCUT2D eigenvalue weighted by Crippen LogP contribution is -1.97. The number of aryl methyl sites for hydroxylation is 1. The lowest BCUT2D eigenvalue weighted by atomic mass is 10.2. The van der Waals surface area contributed by atoms with E-state index in [0.717, 1.165) is 10.1 Å². The summed E-state index contributed by atoms with van der Waals surface area (Å²) in [6, 6.07) is 5.23. The fraction of sp³-hybridized carbons (Fsp3) is 0.0833. The Morgan fingerprint density at radius 3 is 3.00 bits per heavy atom. The molecule has 2 heterocycles. The molecule has 5 nitrogen and oxygen atoms in total. The fourth-order valence-electron chi connectivity index (χ4n) is 1.60. The molecule has 3 rings (SSSR count). The van der Waals surface area contributed by atoms with Gasteiger partial charge >= 0.3 is 0 Å². The van der Waals surface area contributed by atoms with Crippen LogP contribution >= 0.6 is 23.2 Å². The molecule has 1 N–H and O–H groups in total. The molecular weight excluding hydrogens is 285 g/mol. The van der Waals surface area contributed by atoms with Crippen LogP contribution in [0.25, 0.3) is 10.9 Å². The van der Waals surface area contributed by atoms with Crippen LogP contribution < -0.4 is 5.32 Å². The number of rotatable bonds is 2. The summed E-state index contributed by atoms with van der Waals surface area (Å²) in [6.07, 6.45) is 2.92. The molecule has 0 radical (unpaired) electrons. The molecule has 1 aromatic carbocycles. The number of anilines is 2. The van der Waals surface area contributed by atoms with Gasteiger partial charge in [0.25, 0.3) is 0 Å². The summed E-state index contributed by atoms with van der Waals surface area (Å²) in [5.74, 6) is 0.279. The Morgan fingerprint density at radius 2 is 2.21 bits per heavy atom. The second-order valence-corrected chi connectivity index (χ2v) is 4.58. The molecule has 0 unspecified atom stereocenters. The highest BCUT2D eigenvalue weighted by Gasteiger charge is 2.07. The molecule has 0 aliphatic heterocycles. The predicted molar refractivity (Wildman–Crippen MR) is 76.0 cm³/mol. The Balaban J connectivity index is 1.93. The van der Waals surface area contributed by atoms with E-state index < -0.39 is 6.98 Å². The Kier molecular flexibility index (Phi) is 2.24. The maximum absolute atomic E-state index is 7.31. The maximum atomic E-state index is 7.31. The standard InChI is InChI=1S/C12H9Cl2N5/c1-19-11(14)10(6-16-19)18-12-15-5-7-4-8(13)2-3-9(7)17-12/h2-6H,1H3,(H,15,17,18)/i1D3. The summed E-state index contributed by atoms with van der Waals surface area (Å²) in [6.45, 7) is -2.45. The third-order valence-electron chi connectivity index (χ3n) is 2.50. The second-order valence-electron chi connectivity index (χ2n) is 3.78. The van der Waals surface area contributed by atoms with Crippen LogP contribution in [0.5, 0.6) is 0 Å². The molecule has 0 saturated heterocycles. The van der Waals surface area contributed by atoms with E-state index in [-0.39, 0.29) is 11.1 Å². The van der Waals surface area contributed by atoms with E-state index in [1.807, 2.05) is 0 Å². The van der Waals surface area contributed by atoms with Gasteiger partial charge in [-0.3, -0.25) is 4.68 Å². The van der Waals surface area contributed by atoms with E-state index in [2.05, 4.69) is 20.4 Å². The lowest BCUT2D eigenvalue weighted by Gasteiger charge is -2.04. The summed E-state index contributed by atoms with van der Waals surface area (Å²) in [4.78, 5) is 8.45. The summed E-state index contributed by atoms with van der Waals surface area (Å²) in [5, 5.41) is 7.94. The number of fused-ring (bicyclic) bond motifs is 1. The average molecular weight is 297 g/mol. The number of hydrogen-bond acceptors (Lipinski definition) is 4. The smallest absolute Gasteiger partial charge is 0.227 e. The number of nitrogens with one attached hydrogen (secondary N) is 1. The summed E-state index contributed by atoms with van der Waals surface area (Å²) in [7, 11) is 0. The van der Waals surface area contributed by atoms with Crippen LogP contribution in [-0.4, -0.2) is 19.7 Å². The number of benzene rings is 1. The van der Waals surface area contributed by atoms with E-state index in [4.69, 9.17) is 27.3 Å². The molecule has 0 atom stereocenters. The molecule has 19 heavy (non-hydrogen) atoms. The normalized spacial score (nSPS) is 13.9. The van der Waals surface area contributed by atoms with E-state index in [1.54, 1.807) is 24.4 Å². The van der Waals surface area contributed by atoms with Crippen molar-refractivity contribution < 1.29 is 4.11 Å². The van der Waals surface area contributed by atoms with Crippen LogP contribution in [0.1, 0.15) is 4.11 Å². The highest BCUT2D eigenvalue weighted by atomic mass is 35.5. The van der Waals surface area contributed by atoms with Gasteiger partial charge in [0, 0.05) is 27.7 Å². The van der Waals surface area contributed by atoms with Crippen LogP contribution in [0.3, 0.4) is 0 Å².